The van der Waals surface area contributed by atoms with Crippen LogP contribution in [0.15, 0.2) is 24.3 Å². The highest BCUT2D eigenvalue weighted by molar-refractivity contribution is 8.00. The van der Waals surface area contributed by atoms with Crippen LogP contribution in [0, 0.1) is 5.82 Å². The van der Waals surface area contributed by atoms with E-state index in [4.69, 9.17) is 5.73 Å². The highest BCUT2D eigenvalue weighted by atomic mass is 32.2. The summed E-state index contributed by atoms with van der Waals surface area (Å²) in [6.45, 7) is 0.336. The zero-order valence-electron chi connectivity index (χ0n) is 11.1. The molecule has 0 aliphatic rings. The predicted molar refractivity (Wildman–Crippen MR) is 75.6 cm³/mol. The van der Waals surface area contributed by atoms with E-state index in [0.29, 0.717) is 12.3 Å². The Hall–Kier alpha value is -1.60. The van der Waals surface area contributed by atoms with Crippen molar-refractivity contribution in [2.24, 2.45) is 5.73 Å². The van der Waals surface area contributed by atoms with E-state index in [0.717, 1.165) is 5.56 Å². The molecule has 0 saturated carbocycles. The fourth-order valence-electron chi connectivity index (χ4n) is 1.35. The van der Waals surface area contributed by atoms with Crippen LogP contribution in [0.2, 0.25) is 0 Å². The van der Waals surface area contributed by atoms with Gasteiger partial charge in [0, 0.05) is 12.3 Å². The molecular weight excluding hydrogens is 283 g/mol. The molecule has 1 amide bonds. The number of carbonyl (C=O) groups is 2. The minimum atomic E-state index is -0.727. The Morgan fingerprint density at radius 3 is 2.65 bits per heavy atom. The molecular formula is C13H17FN2O3S. The first kappa shape index (κ1) is 16.5. The molecule has 1 atom stereocenters. The van der Waals surface area contributed by atoms with E-state index in [2.05, 4.69) is 10.1 Å². The number of nitrogens with one attached hydrogen (secondary N) is 1. The van der Waals surface area contributed by atoms with Crippen LogP contribution in [0.1, 0.15) is 5.56 Å². The smallest absolute Gasteiger partial charge is 0.323 e. The molecule has 20 heavy (non-hydrogen) atoms. The number of hydrogen-bond acceptors (Lipinski definition) is 5. The van der Waals surface area contributed by atoms with Crippen LogP contribution in [0.4, 0.5) is 4.39 Å². The molecule has 0 saturated heterocycles. The lowest BCUT2D eigenvalue weighted by Gasteiger charge is -2.09. The van der Waals surface area contributed by atoms with Crippen molar-refractivity contribution >= 4 is 23.6 Å². The second-order valence-electron chi connectivity index (χ2n) is 4.05. The first-order chi connectivity index (χ1) is 9.52. The molecule has 110 valence electrons. The fraction of sp³-hybridized carbons (Fsp3) is 0.385. The highest BCUT2D eigenvalue weighted by Gasteiger charge is 2.14. The number of ether oxygens (including phenoxy) is 1. The summed E-state index contributed by atoms with van der Waals surface area (Å²) in [5.74, 6) is -0.462. The first-order valence-corrected chi connectivity index (χ1v) is 7.10. The number of esters is 1. The van der Waals surface area contributed by atoms with Gasteiger partial charge in [-0.25, -0.2) is 4.39 Å². The normalized spacial score (nSPS) is 11.8. The number of amides is 1. The number of halogens is 1. The average molecular weight is 300 g/mol. The van der Waals surface area contributed by atoms with Crippen LogP contribution >= 0.6 is 11.8 Å². The summed E-state index contributed by atoms with van der Waals surface area (Å²) in [6.07, 6.45) is 0. The van der Waals surface area contributed by atoms with Gasteiger partial charge in [-0.2, -0.15) is 0 Å². The summed E-state index contributed by atoms with van der Waals surface area (Å²) in [7, 11) is 1.27. The van der Waals surface area contributed by atoms with Crippen molar-refractivity contribution in [3.63, 3.8) is 0 Å². The van der Waals surface area contributed by atoms with Crippen molar-refractivity contribution in [1.82, 2.24) is 5.32 Å². The number of nitrogens with two attached hydrogens (primary N) is 1. The van der Waals surface area contributed by atoms with Gasteiger partial charge in [0.15, 0.2) is 0 Å². The number of carbonyl (C=O) groups excluding carboxylic acids is 2. The lowest BCUT2D eigenvalue weighted by atomic mass is 10.2. The molecule has 0 spiro atoms. The third kappa shape index (κ3) is 6.03. The van der Waals surface area contributed by atoms with Crippen LogP contribution < -0.4 is 11.1 Å². The van der Waals surface area contributed by atoms with Gasteiger partial charge in [-0.05, 0) is 17.7 Å². The minimum Gasteiger partial charge on any atom is -0.468 e. The van der Waals surface area contributed by atoms with Gasteiger partial charge in [-0.15, -0.1) is 11.8 Å². The van der Waals surface area contributed by atoms with Crippen molar-refractivity contribution in [2.45, 2.75) is 12.6 Å². The van der Waals surface area contributed by atoms with E-state index in [1.54, 1.807) is 12.1 Å². The maximum atomic E-state index is 12.7. The Morgan fingerprint density at radius 1 is 1.40 bits per heavy atom. The number of rotatable bonds is 7. The van der Waals surface area contributed by atoms with Gasteiger partial charge in [-0.1, -0.05) is 12.1 Å². The highest BCUT2D eigenvalue weighted by Crippen LogP contribution is 2.04. The van der Waals surface area contributed by atoms with Gasteiger partial charge >= 0.3 is 5.97 Å². The molecule has 0 radical (unpaired) electrons. The zero-order chi connectivity index (χ0) is 15.0. The van der Waals surface area contributed by atoms with E-state index in [1.165, 1.54) is 31.0 Å². The van der Waals surface area contributed by atoms with Crippen LogP contribution in [0.5, 0.6) is 0 Å². The maximum absolute atomic E-state index is 12.7. The largest absolute Gasteiger partial charge is 0.468 e. The molecule has 1 aromatic carbocycles. The van der Waals surface area contributed by atoms with Crippen LogP contribution in [-0.2, 0) is 20.9 Å². The number of benzene rings is 1. The van der Waals surface area contributed by atoms with E-state index in [1.807, 2.05) is 0 Å². The van der Waals surface area contributed by atoms with E-state index < -0.39 is 12.0 Å². The van der Waals surface area contributed by atoms with Crippen LogP contribution in [0.25, 0.3) is 0 Å². The summed E-state index contributed by atoms with van der Waals surface area (Å²) in [6, 6.07) is 5.17. The molecule has 1 aromatic rings. The Kier molecular flexibility index (Phi) is 7.03. The van der Waals surface area contributed by atoms with Gasteiger partial charge in [0.05, 0.1) is 12.9 Å². The van der Waals surface area contributed by atoms with E-state index in [9.17, 15) is 14.0 Å². The zero-order valence-corrected chi connectivity index (χ0v) is 11.9. The van der Waals surface area contributed by atoms with Crippen molar-refractivity contribution in [2.75, 3.05) is 18.6 Å². The van der Waals surface area contributed by atoms with Crippen molar-refractivity contribution in [3.05, 3.63) is 35.6 Å². The molecule has 0 aromatic heterocycles. The Balaban J connectivity index is 2.20. The van der Waals surface area contributed by atoms with Crippen molar-refractivity contribution < 1.29 is 18.7 Å². The number of hydrogen-bond donors (Lipinski definition) is 2. The second-order valence-corrected chi connectivity index (χ2v) is 5.08. The molecule has 0 aliphatic carbocycles. The topological polar surface area (TPSA) is 81.4 Å². The molecule has 1 rings (SSSR count). The van der Waals surface area contributed by atoms with E-state index >= 15 is 0 Å². The lowest BCUT2D eigenvalue weighted by Crippen LogP contribution is -2.34. The SMILES string of the molecule is COC(=O)C(N)CSCC(=O)NCc1ccc(F)cc1. The molecule has 1 unspecified atom stereocenters. The van der Waals surface area contributed by atoms with Gasteiger partial charge in [0.25, 0.3) is 0 Å². The minimum absolute atomic E-state index is 0.170. The first-order valence-electron chi connectivity index (χ1n) is 5.95. The standard InChI is InChI=1S/C13H17FN2O3S/c1-19-13(18)11(15)7-20-8-12(17)16-6-9-2-4-10(14)5-3-9/h2-5,11H,6-8,15H2,1H3,(H,16,17). The maximum Gasteiger partial charge on any atom is 0.323 e. The fourth-order valence-corrected chi connectivity index (χ4v) is 2.15. The quantitative estimate of drug-likeness (QED) is 0.724. The van der Waals surface area contributed by atoms with E-state index in [-0.39, 0.29) is 17.5 Å². The summed E-state index contributed by atoms with van der Waals surface area (Å²) in [5.41, 5.74) is 6.35. The van der Waals surface area contributed by atoms with Gasteiger partial charge in [-0.3, -0.25) is 9.59 Å². The van der Waals surface area contributed by atoms with Gasteiger partial charge in [0.2, 0.25) is 5.91 Å². The summed E-state index contributed by atoms with van der Waals surface area (Å²) in [4.78, 5) is 22.6. The predicted octanol–water partition coefficient (Wildman–Crippen LogP) is 0.675. The summed E-state index contributed by atoms with van der Waals surface area (Å²) >= 11 is 1.25. The third-order valence-electron chi connectivity index (χ3n) is 2.44. The van der Waals surface area contributed by atoms with Crippen molar-refractivity contribution in [1.29, 1.82) is 0 Å². The molecule has 3 N–H and O–H groups in total. The van der Waals surface area contributed by atoms with Crippen LogP contribution in [0.3, 0.4) is 0 Å². The van der Waals surface area contributed by atoms with Crippen LogP contribution in [-0.4, -0.2) is 36.5 Å². The third-order valence-corrected chi connectivity index (χ3v) is 3.50. The average Bonchev–Trinajstić information content (AvgIpc) is 2.45. The summed E-state index contributed by atoms with van der Waals surface area (Å²) < 4.78 is 17.2. The van der Waals surface area contributed by atoms with Gasteiger partial charge < -0.3 is 15.8 Å². The molecule has 0 fully saturated rings. The monoisotopic (exact) mass is 300 g/mol. The Labute approximate surface area is 121 Å². The van der Waals surface area contributed by atoms with Crippen molar-refractivity contribution in [3.8, 4) is 0 Å². The number of thioether (sulfide) groups is 1. The molecule has 0 aliphatic heterocycles. The summed E-state index contributed by atoms with van der Waals surface area (Å²) in [5, 5.41) is 2.70. The van der Waals surface area contributed by atoms with Gasteiger partial charge in [0.1, 0.15) is 11.9 Å². The lowest BCUT2D eigenvalue weighted by molar-refractivity contribution is -0.141. The molecule has 5 nitrogen and oxygen atoms in total. The second kappa shape index (κ2) is 8.55. The molecule has 0 heterocycles. The number of methoxy groups -OCH3 is 1. The molecule has 7 heteroatoms. The Bertz CT molecular complexity index is 453. The molecule has 0 bridgehead atoms. The Morgan fingerprint density at radius 2 is 2.05 bits per heavy atom.